The molecule has 1 rings (SSSR count). The van der Waals surface area contributed by atoms with Gasteiger partial charge in [0.15, 0.2) is 0 Å². The lowest BCUT2D eigenvalue weighted by atomic mass is 10.1. The Kier molecular flexibility index (Phi) is 21.9. The summed E-state index contributed by atoms with van der Waals surface area (Å²) in [6.45, 7) is 1.05. The van der Waals surface area contributed by atoms with Gasteiger partial charge in [0.2, 0.25) is 11.8 Å². The third-order valence-electron chi connectivity index (χ3n) is 4.39. The van der Waals surface area contributed by atoms with Crippen LogP contribution in [0.3, 0.4) is 0 Å². The first kappa shape index (κ1) is 34.7. The fourth-order valence-corrected chi connectivity index (χ4v) is 2.82. The van der Waals surface area contributed by atoms with Crippen LogP contribution in [0.5, 0.6) is 0 Å². The van der Waals surface area contributed by atoms with Gasteiger partial charge in [-0.2, -0.15) is 0 Å². The maximum Gasteiger partial charge on any atom is 0.328 e. The van der Waals surface area contributed by atoms with Crippen molar-refractivity contribution < 1.29 is 43.3 Å². The minimum atomic E-state index is -0.819. The number of hydrogen-bond acceptors (Lipinski definition) is 7. The number of halogens is 1. The molecule has 4 N–H and O–H groups in total. The van der Waals surface area contributed by atoms with Gasteiger partial charge in [-0.05, 0) is 31.4 Å². The van der Waals surface area contributed by atoms with Gasteiger partial charge in [-0.25, -0.2) is 9.18 Å². The van der Waals surface area contributed by atoms with Crippen LogP contribution < -0.4 is 10.6 Å². The van der Waals surface area contributed by atoms with Crippen LogP contribution in [0.2, 0.25) is 0 Å². The van der Waals surface area contributed by atoms with E-state index in [1.807, 2.05) is 4.90 Å². The Balaban J connectivity index is 0. The zero-order valence-electron chi connectivity index (χ0n) is 20.5. The molecule has 37 heavy (non-hydrogen) atoms. The topological polar surface area (TPSA) is 162 Å². The first-order valence-electron chi connectivity index (χ1n) is 10.9. The lowest BCUT2D eigenvalue weighted by Crippen LogP contribution is -2.41. The first-order chi connectivity index (χ1) is 17.7. The quantitative estimate of drug-likeness (QED) is 0.130. The number of carbonyl (C=O) groups excluding carboxylic acids is 3. The Morgan fingerprint density at radius 1 is 1.05 bits per heavy atom. The van der Waals surface area contributed by atoms with Crippen LogP contribution in [-0.2, 0) is 28.7 Å². The maximum absolute atomic E-state index is 13.6. The number of nitrogens with one attached hydrogen (secondary N) is 2. The Morgan fingerprint density at radius 3 is 2.11 bits per heavy atom. The molecule has 11 nitrogen and oxygen atoms in total. The molecule has 0 bridgehead atoms. The zero-order valence-corrected chi connectivity index (χ0v) is 20.5. The van der Waals surface area contributed by atoms with E-state index < -0.39 is 29.6 Å². The summed E-state index contributed by atoms with van der Waals surface area (Å²) in [5.41, 5.74) is 0.0454. The van der Waals surface area contributed by atoms with Gasteiger partial charge in [-0.3, -0.25) is 24.1 Å². The summed E-state index contributed by atoms with van der Waals surface area (Å²) >= 11 is 0. The van der Waals surface area contributed by atoms with Crippen molar-refractivity contribution in [1.82, 2.24) is 10.2 Å². The molecule has 0 aliphatic heterocycles. The highest BCUT2D eigenvalue weighted by Crippen LogP contribution is 2.13. The molecule has 2 amide bonds. The van der Waals surface area contributed by atoms with Crippen LogP contribution in [0.1, 0.15) is 32.1 Å². The molecular weight excluding hydrogens is 489 g/mol. The number of esters is 1. The van der Waals surface area contributed by atoms with Gasteiger partial charge in [0, 0.05) is 19.4 Å². The number of nitrogens with zero attached hydrogens (tertiary/aromatic N) is 1. The van der Waals surface area contributed by atoms with E-state index in [0.29, 0.717) is 32.5 Å². The summed E-state index contributed by atoms with van der Waals surface area (Å²) in [7, 11) is 1.24. The summed E-state index contributed by atoms with van der Waals surface area (Å²) in [5, 5.41) is 18.8. The average molecular weight is 522 g/mol. The summed E-state index contributed by atoms with van der Waals surface area (Å²) < 4.78 is 18.3. The highest BCUT2D eigenvalue weighted by atomic mass is 19.1. The molecule has 0 saturated carbocycles. The third kappa shape index (κ3) is 18.6. The van der Waals surface area contributed by atoms with Gasteiger partial charge >= 0.3 is 5.97 Å². The third-order valence-corrected chi connectivity index (χ3v) is 4.39. The lowest BCUT2D eigenvalue weighted by molar-refractivity contribution is -0.145. The maximum atomic E-state index is 13.6. The molecule has 0 heterocycles. The largest absolute Gasteiger partial charge is 0.483 e. The fraction of sp³-hybridized carbons (Fsp3) is 0.400. The molecule has 202 valence electrons. The Bertz CT molecular complexity index is 905. The molecule has 1 aromatic carbocycles. The summed E-state index contributed by atoms with van der Waals surface area (Å²) in [5.74, 6) is 2.99. The predicted molar refractivity (Wildman–Crippen MR) is 134 cm³/mol. The SMILES string of the molecule is C#CCN(CC#C)CCCC[C@H](NC(=O)CCC(=O)Nc1ccccc1F)C(=O)OC.O=CO.O=CO. The van der Waals surface area contributed by atoms with Crippen LogP contribution in [0, 0.1) is 30.5 Å². The molecule has 0 aliphatic carbocycles. The molecule has 12 heteroatoms. The number of amides is 2. The molecule has 0 fully saturated rings. The smallest absolute Gasteiger partial charge is 0.328 e. The van der Waals surface area contributed by atoms with E-state index in [-0.39, 0.29) is 31.5 Å². The van der Waals surface area contributed by atoms with Crippen molar-refractivity contribution in [3.05, 3.63) is 30.1 Å². The molecule has 1 aromatic rings. The van der Waals surface area contributed by atoms with Crippen molar-refractivity contribution in [2.75, 3.05) is 32.1 Å². The number of hydrogen-bond donors (Lipinski definition) is 4. The van der Waals surface area contributed by atoms with Crippen LogP contribution >= 0.6 is 0 Å². The van der Waals surface area contributed by atoms with Crippen LogP contribution in [-0.4, -0.2) is 78.6 Å². The van der Waals surface area contributed by atoms with Gasteiger partial charge < -0.3 is 25.6 Å². The molecule has 0 aromatic heterocycles. The fourth-order valence-electron chi connectivity index (χ4n) is 2.82. The number of anilines is 1. The van der Waals surface area contributed by atoms with Crippen molar-refractivity contribution in [2.45, 2.75) is 38.1 Å². The van der Waals surface area contributed by atoms with Gasteiger partial charge in [0.1, 0.15) is 11.9 Å². The molecule has 0 spiro atoms. The summed E-state index contributed by atoms with van der Waals surface area (Å²) in [6.07, 6.45) is 12.1. The van der Waals surface area contributed by atoms with E-state index in [1.165, 1.54) is 25.3 Å². The second kappa shape index (κ2) is 23.3. The van der Waals surface area contributed by atoms with Gasteiger partial charge in [-0.1, -0.05) is 24.0 Å². The Labute approximate surface area is 215 Å². The normalized spacial score (nSPS) is 9.97. The summed E-state index contributed by atoms with van der Waals surface area (Å²) in [4.78, 5) is 54.8. The predicted octanol–water partition coefficient (Wildman–Crippen LogP) is 1.34. The molecular formula is C25H32FN3O8. The number of terminal acetylenes is 2. The van der Waals surface area contributed by atoms with Crippen molar-refractivity contribution in [3.63, 3.8) is 0 Å². The van der Waals surface area contributed by atoms with Crippen molar-refractivity contribution in [3.8, 4) is 24.7 Å². The molecule has 0 radical (unpaired) electrons. The van der Waals surface area contributed by atoms with Crippen LogP contribution in [0.4, 0.5) is 10.1 Å². The van der Waals surface area contributed by atoms with Gasteiger partial charge in [-0.15, -0.1) is 12.8 Å². The van der Waals surface area contributed by atoms with E-state index in [0.717, 1.165) is 6.42 Å². The van der Waals surface area contributed by atoms with E-state index >= 15 is 0 Å². The lowest BCUT2D eigenvalue weighted by Gasteiger charge is -2.19. The molecule has 1 atom stereocenters. The standard InChI is InChI=1S/C23H28FN3O4.2CH2O2/c1-4-15-27(16-5-2)17-9-8-12-20(23(30)31-3)26-22(29)14-13-21(28)25-19-11-7-6-10-18(19)24;2*2-1-3/h1-2,6-7,10-11,20H,8-9,12-17H2,3H3,(H,25,28)(H,26,29);2*1H,(H,2,3)/t20-;;/m0../s1. The molecule has 0 saturated heterocycles. The van der Waals surface area contributed by atoms with Gasteiger partial charge in [0.25, 0.3) is 12.9 Å². The Morgan fingerprint density at radius 2 is 1.59 bits per heavy atom. The monoisotopic (exact) mass is 521 g/mol. The minimum Gasteiger partial charge on any atom is -0.483 e. The van der Waals surface area contributed by atoms with E-state index in [4.69, 9.17) is 37.4 Å². The molecule has 0 unspecified atom stereocenters. The van der Waals surface area contributed by atoms with E-state index in [2.05, 4.69) is 22.5 Å². The van der Waals surface area contributed by atoms with Crippen LogP contribution in [0.25, 0.3) is 0 Å². The number of para-hydroxylation sites is 1. The van der Waals surface area contributed by atoms with E-state index in [9.17, 15) is 18.8 Å². The van der Waals surface area contributed by atoms with Crippen molar-refractivity contribution in [2.24, 2.45) is 0 Å². The second-order valence-electron chi connectivity index (χ2n) is 7.00. The number of benzene rings is 1. The number of ether oxygens (including phenoxy) is 1. The second-order valence-corrected chi connectivity index (χ2v) is 7.00. The number of rotatable bonds is 13. The van der Waals surface area contributed by atoms with Gasteiger partial charge in [0.05, 0.1) is 25.9 Å². The van der Waals surface area contributed by atoms with Crippen LogP contribution in [0.15, 0.2) is 24.3 Å². The van der Waals surface area contributed by atoms with E-state index in [1.54, 1.807) is 6.07 Å². The average Bonchev–Trinajstić information content (AvgIpc) is 2.86. The number of unbranched alkanes of at least 4 members (excludes halogenated alkanes) is 1. The minimum absolute atomic E-state index is 0.0454. The number of carboxylic acid groups (broad SMARTS) is 2. The zero-order chi connectivity index (χ0) is 28.5. The molecule has 0 aliphatic rings. The Hall–Kier alpha value is -4.42. The number of methoxy groups -OCH3 is 1. The highest BCUT2D eigenvalue weighted by Gasteiger charge is 2.21. The first-order valence-corrected chi connectivity index (χ1v) is 10.9. The number of carbonyl (C=O) groups is 5. The summed E-state index contributed by atoms with van der Waals surface area (Å²) in [6, 6.07) is 4.93. The highest BCUT2D eigenvalue weighted by molar-refractivity contribution is 5.94. The van der Waals surface area contributed by atoms with Crippen molar-refractivity contribution >= 4 is 36.4 Å². The van der Waals surface area contributed by atoms with Crippen molar-refractivity contribution in [1.29, 1.82) is 0 Å².